The van der Waals surface area contributed by atoms with E-state index in [1.54, 1.807) is 6.07 Å². The minimum atomic E-state index is -1.31. The predicted molar refractivity (Wildman–Crippen MR) is 140 cm³/mol. The Bertz CT molecular complexity index is 978. The maximum Gasteiger partial charge on any atom is 0.132 e. The molecule has 2 aromatic rings. The second-order valence-corrected chi connectivity index (χ2v) is 18.9. The summed E-state index contributed by atoms with van der Waals surface area (Å²) in [7, 11) is -2.54. The van der Waals surface area contributed by atoms with E-state index in [-0.39, 0.29) is 12.1 Å². The van der Waals surface area contributed by atoms with Crippen molar-refractivity contribution in [2.24, 2.45) is 5.73 Å². The van der Waals surface area contributed by atoms with Crippen molar-refractivity contribution in [2.45, 2.75) is 95.6 Å². The number of fused-ring (bicyclic) bond motifs is 1. The molecule has 1 fully saturated rings. The summed E-state index contributed by atoms with van der Waals surface area (Å²) in [5.41, 5.74) is 7.96. The summed E-state index contributed by atoms with van der Waals surface area (Å²) in [5, 5.41) is 9.95. The zero-order valence-electron chi connectivity index (χ0n) is 21.5. The van der Waals surface area contributed by atoms with E-state index < -0.39 is 30.0 Å². The fourth-order valence-corrected chi connectivity index (χ4v) is 5.46. The summed E-state index contributed by atoms with van der Waals surface area (Å²) >= 11 is 0. The molecule has 0 bridgehead atoms. The number of benzene rings is 1. The number of imidazole rings is 1. The molecule has 0 amide bonds. The molecule has 8 nitrogen and oxygen atoms in total. The number of aliphatic hydroxyl groups excluding tert-OH is 1. The third-order valence-corrected chi connectivity index (χ3v) is 9.30. The normalized spacial score (nSPS) is 20.4. The standard InChI is InChI=1S/C24H42N4O4SSi/c1-24(2,3)33(30)27-21(20-9-7-8-12-32-20)23-26-18-11-10-17(22(25)29)15-19(18)28(23)16-31-13-14-34(4,5)6/h10-11,15,20-22,27,29H,7-9,12-14,16,25H2,1-6H3/t20-,21?,22-,33-/m1/s1. The SMILES string of the molecule is CC(C)(C)[S@@](=O)NC(c1nc2ccc([C@H](N)O)cc2n1COCC[Si](C)(C)C)[C@H]1CCCCO1. The molecule has 1 aromatic carbocycles. The van der Waals surface area contributed by atoms with Crippen molar-refractivity contribution < 1.29 is 18.8 Å². The van der Waals surface area contributed by atoms with Crippen molar-refractivity contribution in [3.8, 4) is 0 Å². The van der Waals surface area contributed by atoms with Crippen LogP contribution in [0.5, 0.6) is 0 Å². The van der Waals surface area contributed by atoms with Gasteiger partial charge in [-0.1, -0.05) is 25.7 Å². The molecule has 1 aliphatic heterocycles. The molecular weight excluding hydrogens is 468 g/mol. The Morgan fingerprint density at radius 3 is 2.68 bits per heavy atom. The maximum absolute atomic E-state index is 13.2. The van der Waals surface area contributed by atoms with Gasteiger partial charge in [-0.05, 0) is 63.8 Å². The molecule has 2 heterocycles. The molecule has 10 heteroatoms. The highest BCUT2D eigenvalue weighted by atomic mass is 32.2. The zero-order valence-corrected chi connectivity index (χ0v) is 23.3. The fraction of sp³-hybridized carbons (Fsp3) is 0.708. The molecule has 3 rings (SSSR count). The average molecular weight is 511 g/mol. The number of nitrogens with one attached hydrogen (secondary N) is 1. The van der Waals surface area contributed by atoms with Gasteiger partial charge in [-0.25, -0.2) is 13.9 Å². The van der Waals surface area contributed by atoms with Gasteiger partial charge in [0.1, 0.15) is 24.8 Å². The Hall–Kier alpha value is -1.14. The molecule has 4 atom stereocenters. The quantitative estimate of drug-likeness (QED) is 0.253. The van der Waals surface area contributed by atoms with E-state index in [4.69, 9.17) is 20.2 Å². The Morgan fingerprint density at radius 2 is 2.09 bits per heavy atom. The van der Waals surface area contributed by atoms with E-state index in [1.807, 2.05) is 37.5 Å². The highest BCUT2D eigenvalue weighted by molar-refractivity contribution is 7.84. The lowest BCUT2D eigenvalue weighted by molar-refractivity contribution is -0.00732. The largest absolute Gasteiger partial charge is 0.376 e. The molecule has 4 N–H and O–H groups in total. The number of nitrogens with zero attached hydrogens (tertiary/aromatic N) is 2. The van der Waals surface area contributed by atoms with E-state index in [0.29, 0.717) is 25.5 Å². The van der Waals surface area contributed by atoms with Crippen LogP contribution < -0.4 is 10.5 Å². The molecular formula is C24H42N4O4SSi. The van der Waals surface area contributed by atoms with Crippen LogP contribution in [0.4, 0.5) is 0 Å². The minimum Gasteiger partial charge on any atom is -0.376 e. The van der Waals surface area contributed by atoms with Crippen LogP contribution in [0.1, 0.15) is 63.7 Å². The monoisotopic (exact) mass is 510 g/mol. The molecule has 1 aromatic heterocycles. The summed E-state index contributed by atoms with van der Waals surface area (Å²) in [4.78, 5) is 4.94. The van der Waals surface area contributed by atoms with Crippen LogP contribution in [-0.4, -0.2) is 51.0 Å². The van der Waals surface area contributed by atoms with Crippen LogP contribution in [0, 0.1) is 0 Å². The van der Waals surface area contributed by atoms with Gasteiger partial charge in [0.05, 0.1) is 32.9 Å². The number of aromatic nitrogens is 2. The second-order valence-electron chi connectivity index (χ2n) is 11.3. The van der Waals surface area contributed by atoms with Crippen LogP contribution in [0.15, 0.2) is 18.2 Å². The van der Waals surface area contributed by atoms with E-state index in [1.165, 1.54) is 0 Å². The number of hydrogen-bond acceptors (Lipinski definition) is 6. The number of hydrogen-bond donors (Lipinski definition) is 3. The Balaban J connectivity index is 2.03. The number of aliphatic hydroxyl groups is 1. The Labute approximate surface area is 207 Å². The zero-order chi connectivity index (χ0) is 25.1. The summed E-state index contributed by atoms with van der Waals surface area (Å²) in [6, 6.07) is 6.20. The summed E-state index contributed by atoms with van der Waals surface area (Å²) < 4.78 is 30.4. The van der Waals surface area contributed by atoms with Crippen molar-refractivity contribution >= 4 is 30.1 Å². The lowest BCUT2D eigenvalue weighted by Crippen LogP contribution is -2.43. The number of nitrogens with two attached hydrogens (primary N) is 1. The molecule has 1 unspecified atom stereocenters. The molecule has 1 saturated heterocycles. The lowest BCUT2D eigenvalue weighted by atomic mass is 10.0. The average Bonchev–Trinajstić information content (AvgIpc) is 3.11. The first kappa shape index (κ1) is 27.4. The molecule has 34 heavy (non-hydrogen) atoms. The smallest absolute Gasteiger partial charge is 0.132 e. The van der Waals surface area contributed by atoms with Crippen molar-refractivity contribution in [3.05, 3.63) is 29.6 Å². The van der Waals surface area contributed by atoms with E-state index in [0.717, 1.165) is 42.2 Å². The van der Waals surface area contributed by atoms with E-state index >= 15 is 0 Å². The van der Waals surface area contributed by atoms with Gasteiger partial charge in [0, 0.05) is 21.3 Å². The van der Waals surface area contributed by atoms with Crippen LogP contribution >= 0.6 is 0 Å². The third kappa shape index (κ3) is 7.19. The summed E-state index contributed by atoms with van der Waals surface area (Å²) in [5.74, 6) is 0.733. The van der Waals surface area contributed by atoms with Gasteiger partial charge in [-0.2, -0.15) is 0 Å². The summed E-state index contributed by atoms with van der Waals surface area (Å²) in [6.07, 6.45) is 1.73. The van der Waals surface area contributed by atoms with Crippen LogP contribution in [-0.2, 0) is 27.2 Å². The topological polar surface area (TPSA) is 112 Å². The van der Waals surface area contributed by atoms with Gasteiger partial charge in [0.2, 0.25) is 0 Å². The van der Waals surface area contributed by atoms with Gasteiger partial charge < -0.3 is 24.9 Å². The second kappa shape index (κ2) is 11.3. The van der Waals surface area contributed by atoms with E-state index in [2.05, 4.69) is 24.4 Å². The molecule has 0 radical (unpaired) electrons. The van der Waals surface area contributed by atoms with Crippen molar-refractivity contribution in [1.29, 1.82) is 0 Å². The molecule has 192 valence electrons. The number of rotatable bonds is 10. The van der Waals surface area contributed by atoms with Gasteiger partial charge >= 0.3 is 0 Å². The highest BCUT2D eigenvalue weighted by Crippen LogP contribution is 2.31. The maximum atomic E-state index is 13.2. The first-order valence-corrected chi connectivity index (χ1v) is 17.0. The molecule has 0 saturated carbocycles. The Morgan fingerprint density at radius 1 is 1.35 bits per heavy atom. The lowest BCUT2D eigenvalue weighted by Gasteiger charge is -2.32. The molecule has 0 aliphatic carbocycles. The third-order valence-electron chi connectivity index (χ3n) is 6.02. The first-order chi connectivity index (χ1) is 15.9. The van der Waals surface area contributed by atoms with Gasteiger partial charge in [0.15, 0.2) is 0 Å². The number of ether oxygens (including phenoxy) is 2. The van der Waals surface area contributed by atoms with Crippen molar-refractivity contribution in [1.82, 2.24) is 14.3 Å². The van der Waals surface area contributed by atoms with E-state index in [9.17, 15) is 9.32 Å². The van der Waals surface area contributed by atoms with Crippen molar-refractivity contribution in [3.63, 3.8) is 0 Å². The van der Waals surface area contributed by atoms with Crippen LogP contribution in [0.2, 0.25) is 25.7 Å². The fourth-order valence-electron chi connectivity index (χ4n) is 3.87. The highest BCUT2D eigenvalue weighted by Gasteiger charge is 2.34. The molecule has 1 aliphatic rings. The molecule has 0 spiro atoms. The van der Waals surface area contributed by atoms with Crippen LogP contribution in [0.3, 0.4) is 0 Å². The predicted octanol–water partition coefficient (Wildman–Crippen LogP) is 3.96. The minimum absolute atomic E-state index is 0.142. The van der Waals surface area contributed by atoms with Gasteiger partial charge in [0.25, 0.3) is 0 Å². The van der Waals surface area contributed by atoms with Gasteiger partial charge in [-0.15, -0.1) is 0 Å². The van der Waals surface area contributed by atoms with Crippen molar-refractivity contribution in [2.75, 3.05) is 13.2 Å². The Kier molecular flexibility index (Phi) is 9.10. The van der Waals surface area contributed by atoms with Crippen LogP contribution in [0.25, 0.3) is 11.0 Å². The first-order valence-electron chi connectivity index (χ1n) is 12.2. The van der Waals surface area contributed by atoms with Gasteiger partial charge in [-0.3, -0.25) is 0 Å². The summed E-state index contributed by atoms with van der Waals surface area (Å²) in [6.45, 7) is 14.5.